The maximum Gasteiger partial charge on any atom is 0.0541 e. The summed E-state index contributed by atoms with van der Waals surface area (Å²) in [4.78, 5) is 0. The van der Waals surface area contributed by atoms with Crippen LogP contribution < -0.4 is 0 Å². The van der Waals surface area contributed by atoms with Crippen LogP contribution in [0.3, 0.4) is 0 Å². The minimum atomic E-state index is 1.22. The quantitative estimate of drug-likeness (QED) is 0.397. The van der Waals surface area contributed by atoms with Crippen molar-refractivity contribution in [2.75, 3.05) is 0 Å². The molecule has 0 bridgehead atoms. The van der Waals surface area contributed by atoms with E-state index in [-0.39, 0.29) is 0 Å². The van der Waals surface area contributed by atoms with Crippen molar-refractivity contribution >= 4 is 21.8 Å². The molecule has 1 aromatic heterocycles. The lowest BCUT2D eigenvalue weighted by atomic mass is 10.2. The minimum Gasteiger partial charge on any atom is -0.309 e. The van der Waals surface area contributed by atoms with Crippen molar-refractivity contribution in [2.24, 2.45) is 0 Å². The Kier molecular flexibility index (Phi) is 3.97. The van der Waals surface area contributed by atoms with Crippen LogP contribution in [0, 0.1) is 6.92 Å². The molecule has 0 N–H and O–H groups in total. The molecule has 0 saturated heterocycles. The topological polar surface area (TPSA) is 4.93 Å². The van der Waals surface area contributed by atoms with Crippen LogP contribution in [0.4, 0.5) is 0 Å². The molecule has 4 rings (SSSR count). The number of aromatic nitrogens is 1. The first-order chi connectivity index (χ1) is 10.8. The van der Waals surface area contributed by atoms with Crippen LogP contribution in [0.5, 0.6) is 0 Å². The van der Waals surface area contributed by atoms with Crippen molar-refractivity contribution in [1.82, 2.24) is 4.57 Å². The van der Waals surface area contributed by atoms with Crippen LogP contribution in [0.2, 0.25) is 0 Å². The van der Waals surface area contributed by atoms with E-state index in [1.807, 2.05) is 13.8 Å². The van der Waals surface area contributed by atoms with E-state index in [1.165, 1.54) is 33.1 Å². The fraction of sp³-hybridized carbons (Fsp3) is 0.143. The molecule has 3 aromatic carbocycles. The van der Waals surface area contributed by atoms with Crippen molar-refractivity contribution < 1.29 is 0 Å². The Morgan fingerprint density at radius 3 is 1.73 bits per heavy atom. The van der Waals surface area contributed by atoms with Crippen LogP contribution in [0.1, 0.15) is 19.4 Å². The molecule has 0 fully saturated rings. The van der Waals surface area contributed by atoms with Crippen LogP contribution in [-0.4, -0.2) is 4.57 Å². The highest BCUT2D eigenvalue weighted by molar-refractivity contribution is 6.09. The van der Waals surface area contributed by atoms with E-state index >= 15 is 0 Å². The van der Waals surface area contributed by atoms with Crippen molar-refractivity contribution in [3.63, 3.8) is 0 Å². The predicted octanol–water partition coefficient (Wildman–Crippen LogP) is 6.12. The second-order valence-electron chi connectivity index (χ2n) is 5.21. The van der Waals surface area contributed by atoms with E-state index in [2.05, 4.69) is 84.3 Å². The first-order valence-corrected chi connectivity index (χ1v) is 7.90. The Morgan fingerprint density at radius 1 is 0.636 bits per heavy atom. The van der Waals surface area contributed by atoms with Gasteiger partial charge in [0.2, 0.25) is 0 Å². The first-order valence-electron chi connectivity index (χ1n) is 7.90. The summed E-state index contributed by atoms with van der Waals surface area (Å²) in [6.45, 7) is 6.14. The summed E-state index contributed by atoms with van der Waals surface area (Å²) < 4.78 is 2.34. The fourth-order valence-corrected chi connectivity index (χ4v) is 2.97. The average molecular weight is 287 g/mol. The third-order valence-corrected chi connectivity index (χ3v) is 3.84. The Morgan fingerprint density at radius 2 is 1.18 bits per heavy atom. The molecular formula is C21H21N. The van der Waals surface area contributed by atoms with Crippen molar-refractivity contribution in [3.8, 4) is 5.69 Å². The van der Waals surface area contributed by atoms with Crippen molar-refractivity contribution in [3.05, 3.63) is 78.4 Å². The number of hydrogen-bond donors (Lipinski definition) is 0. The Hall–Kier alpha value is -2.54. The molecule has 0 radical (unpaired) electrons. The molecule has 0 aliphatic heterocycles. The standard InChI is InChI=1S/C19H15N.C2H6/c1-14-7-6-8-15(13-14)20-18-11-4-2-9-16(18)17-10-3-5-12-19(17)20;1-2/h2-13H,1H3;1-2H3. The molecule has 0 saturated carbocycles. The zero-order valence-electron chi connectivity index (χ0n) is 13.4. The van der Waals surface area contributed by atoms with Gasteiger partial charge in [0.25, 0.3) is 0 Å². The fourth-order valence-electron chi connectivity index (χ4n) is 2.97. The molecule has 1 heterocycles. The summed E-state index contributed by atoms with van der Waals surface area (Å²) in [5.74, 6) is 0. The third-order valence-electron chi connectivity index (χ3n) is 3.84. The molecule has 110 valence electrons. The number of hydrogen-bond acceptors (Lipinski definition) is 0. The Labute approximate surface area is 131 Å². The van der Waals surface area contributed by atoms with E-state index in [1.54, 1.807) is 0 Å². The zero-order chi connectivity index (χ0) is 15.5. The second-order valence-corrected chi connectivity index (χ2v) is 5.21. The minimum absolute atomic E-state index is 1.22. The highest BCUT2D eigenvalue weighted by atomic mass is 15.0. The summed E-state index contributed by atoms with van der Waals surface area (Å²) in [5.41, 5.74) is 5.03. The highest BCUT2D eigenvalue weighted by Gasteiger charge is 2.10. The molecule has 0 aliphatic carbocycles. The van der Waals surface area contributed by atoms with Gasteiger partial charge in [-0.1, -0.05) is 62.4 Å². The van der Waals surface area contributed by atoms with Gasteiger partial charge < -0.3 is 4.57 Å². The molecule has 0 amide bonds. The van der Waals surface area contributed by atoms with E-state index in [0.717, 1.165) is 0 Å². The van der Waals surface area contributed by atoms with Crippen LogP contribution in [0.25, 0.3) is 27.5 Å². The summed E-state index contributed by atoms with van der Waals surface area (Å²) in [7, 11) is 0. The van der Waals surface area contributed by atoms with Crippen LogP contribution in [0.15, 0.2) is 72.8 Å². The van der Waals surface area contributed by atoms with Crippen molar-refractivity contribution in [2.45, 2.75) is 20.8 Å². The van der Waals surface area contributed by atoms with Gasteiger partial charge in [-0.05, 0) is 36.8 Å². The van der Waals surface area contributed by atoms with Gasteiger partial charge in [0.15, 0.2) is 0 Å². The van der Waals surface area contributed by atoms with Gasteiger partial charge in [0, 0.05) is 16.5 Å². The lowest BCUT2D eigenvalue weighted by Crippen LogP contribution is -1.93. The summed E-state index contributed by atoms with van der Waals surface area (Å²) >= 11 is 0. The number of rotatable bonds is 1. The monoisotopic (exact) mass is 287 g/mol. The van der Waals surface area contributed by atoms with Crippen molar-refractivity contribution in [1.29, 1.82) is 0 Å². The third kappa shape index (κ3) is 2.29. The smallest absolute Gasteiger partial charge is 0.0541 e. The molecule has 0 aliphatic rings. The molecule has 1 nitrogen and oxygen atoms in total. The van der Waals surface area contributed by atoms with Gasteiger partial charge in [-0.3, -0.25) is 0 Å². The highest BCUT2D eigenvalue weighted by Crippen LogP contribution is 2.31. The molecular weight excluding hydrogens is 266 g/mol. The normalized spacial score (nSPS) is 10.5. The lowest BCUT2D eigenvalue weighted by molar-refractivity contribution is 1.17. The predicted molar refractivity (Wildman–Crippen MR) is 96.9 cm³/mol. The van der Waals surface area contributed by atoms with Gasteiger partial charge in [0.1, 0.15) is 0 Å². The van der Waals surface area contributed by atoms with E-state index in [0.29, 0.717) is 0 Å². The molecule has 0 spiro atoms. The summed E-state index contributed by atoms with van der Waals surface area (Å²) in [6.07, 6.45) is 0. The average Bonchev–Trinajstić information content (AvgIpc) is 2.91. The van der Waals surface area contributed by atoms with Gasteiger partial charge in [-0.2, -0.15) is 0 Å². The number of fused-ring (bicyclic) bond motifs is 3. The Balaban J connectivity index is 0.000000693. The molecule has 22 heavy (non-hydrogen) atoms. The van der Waals surface area contributed by atoms with E-state index < -0.39 is 0 Å². The van der Waals surface area contributed by atoms with Crippen LogP contribution in [-0.2, 0) is 0 Å². The number of nitrogens with zero attached hydrogens (tertiary/aromatic N) is 1. The van der Waals surface area contributed by atoms with Crippen LogP contribution >= 0.6 is 0 Å². The summed E-state index contributed by atoms with van der Waals surface area (Å²) in [6, 6.07) is 25.9. The largest absolute Gasteiger partial charge is 0.309 e. The van der Waals surface area contributed by atoms with E-state index in [4.69, 9.17) is 0 Å². The molecule has 0 atom stereocenters. The Bertz CT molecular complexity index is 862. The van der Waals surface area contributed by atoms with Gasteiger partial charge >= 0.3 is 0 Å². The maximum absolute atomic E-state index is 2.34. The lowest BCUT2D eigenvalue weighted by Gasteiger charge is -2.08. The zero-order valence-corrected chi connectivity index (χ0v) is 13.4. The van der Waals surface area contributed by atoms with E-state index in [9.17, 15) is 0 Å². The van der Waals surface area contributed by atoms with Gasteiger partial charge in [-0.25, -0.2) is 0 Å². The number of aryl methyl sites for hydroxylation is 1. The van der Waals surface area contributed by atoms with Gasteiger partial charge in [-0.15, -0.1) is 0 Å². The number of para-hydroxylation sites is 2. The SMILES string of the molecule is CC.Cc1cccc(-n2c3ccccc3c3ccccc32)c1. The number of benzene rings is 3. The maximum atomic E-state index is 2.34. The molecule has 4 aromatic rings. The molecule has 1 heteroatoms. The van der Waals surface area contributed by atoms with Gasteiger partial charge in [0.05, 0.1) is 11.0 Å². The molecule has 0 unspecified atom stereocenters. The summed E-state index contributed by atoms with van der Waals surface area (Å²) in [5, 5.41) is 2.62. The second kappa shape index (κ2) is 6.07. The first kappa shape index (κ1) is 14.4.